The van der Waals surface area contributed by atoms with Gasteiger partial charge in [-0.25, -0.2) is 0 Å². The van der Waals surface area contributed by atoms with Crippen LogP contribution >= 0.6 is 23.5 Å². The van der Waals surface area contributed by atoms with Gasteiger partial charge < -0.3 is 4.74 Å². The van der Waals surface area contributed by atoms with Gasteiger partial charge in [0.25, 0.3) is 0 Å². The summed E-state index contributed by atoms with van der Waals surface area (Å²) < 4.78 is 6.27. The molecule has 0 atom stereocenters. The molecular weight excluding hydrogens is 236 g/mol. The van der Waals surface area contributed by atoms with Gasteiger partial charge in [-0.1, -0.05) is 12.1 Å². The lowest BCUT2D eigenvalue weighted by molar-refractivity contribution is 0.242. The third-order valence-electron chi connectivity index (χ3n) is 2.35. The molecule has 3 heteroatoms. The third-order valence-corrected chi connectivity index (χ3v) is 5.37. The Labute approximate surface area is 106 Å². The Bertz CT molecular complexity index is 315. The molecule has 1 aromatic rings. The molecule has 0 unspecified atom stereocenters. The number of thioether (sulfide) groups is 2. The highest BCUT2D eigenvalue weighted by Crippen LogP contribution is 2.43. The number of hydrogen-bond acceptors (Lipinski definition) is 3. The molecule has 1 saturated heterocycles. The molecule has 1 fully saturated rings. The van der Waals surface area contributed by atoms with E-state index in [2.05, 4.69) is 61.6 Å². The number of rotatable bonds is 3. The van der Waals surface area contributed by atoms with E-state index in [0.29, 0.717) is 4.58 Å². The van der Waals surface area contributed by atoms with Crippen LogP contribution in [-0.4, -0.2) is 17.6 Å². The molecule has 1 aliphatic heterocycles. The normalized spacial score (nSPS) is 17.7. The average molecular weight is 254 g/mol. The molecular formula is C13H18OS2. The standard InChI is InChI=1S/C13H18OS2/c1-10(2)14-12-6-4-11(5-7-12)13-15-8-3-9-16-13/h4-7,10,13H,3,8-9H2,1-2H3. The second-order valence-corrected chi connectivity index (χ2v) is 6.89. The van der Waals surface area contributed by atoms with E-state index in [1.54, 1.807) is 0 Å². The Balaban J connectivity index is 2.00. The Morgan fingerprint density at radius 1 is 1.12 bits per heavy atom. The molecule has 0 aromatic heterocycles. The first-order valence-electron chi connectivity index (χ1n) is 5.75. The zero-order valence-corrected chi connectivity index (χ0v) is 11.4. The van der Waals surface area contributed by atoms with E-state index in [-0.39, 0.29) is 6.10 Å². The summed E-state index contributed by atoms with van der Waals surface area (Å²) in [6.07, 6.45) is 1.60. The second kappa shape index (κ2) is 5.87. The summed E-state index contributed by atoms with van der Waals surface area (Å²) in [5.41, 5.74) is 1.42. The molecule has 1 aromatic carbocycles. The van der Waals surface area contributed by atoms with Crippen molar-refractivity contribution in [2.75, 3.05) is 11.5 Å². The van der Waals surface area contributed by atoms with Crippen molar-refractivity contribution in [3.8, 4) is 5.75 Å². The van der Waals surface area contributed by atoms with Crippen molar-refractivity contribution in [1.82, 2.24) is 0 Å². The highest BCUT2D eigenvalue weighted by atomic mass is 32.2. The van der Waals surface area contributed by atoms with Crippen LogP contribution in [0.2, 0.25) is 0 Å². The van der Waals surface area contributed by atoms with Crippen LogP contribution < -0.4 is 4.74 Å². The van der Waals surface area contributed by atoms with Gasteiger partial charge in [-0.05, 0) is 49.5 Å². The maximum Gasteiger partial charge on any atom is 0.119 e. The first-order valence-corrected chi connectivity index (χ1v) is 7.85. The SMILES string of the molecule is CC(C)Oc1ccc(C2SCCCS2)cc1. The molecule has 1 nitrogen and oxygen atoms in total. The van der Waals surface area contributed by atoms with Crippen LogP contribution in [-0.2, 0) is 0 Å². The van der Waals surface area contributed by atoms with Gasteiger partial charge in [0.05, 0.1) is 10.7 Å². The molecule has 88 valence electrons. The summed E-state index contributed by atoms with van der Waals surface area (Å²) in [6, 6.07) is 8.58. The predicted molar refractivity (Wildman–Crippen MR) is 74.5 cm³/mol. The molecule has 0 bridgehead atoms. The summed E-state index contributed by atoms with van der Waals surface area (Å²) in [7, 11) is 0. The van der Waals surface area contributed by atoms with Crippen molar-refractivity contribution in [3.05, 3.63) is 29.8 Å². The van der Waals surface area contributed by atoms with E-state index in [1.807, 2.05) is 0 Å². The molecule has 1 aliphatic rings. The molecule has 0 spiro atoms. The zero-order chi connectivity index (χ0) is 11.4. The van der Waals surface area contributed by atoms with Gasteiger partial charge in [0.2, 0.25) is 0 Å². The van der Waals surface area contributed by atoms with Crippen molar-refractivity contribution in [2.45, 2.75) is 31.0 Å². The van der Waals surface area contributed by atoms with Gasteiger partial charge in [0.1, 0.15) is 5.75 Å². The van der Waals surface area contributed by atoms with Crippen molar-refractivity contribution in [1.29, 1.82) is 0 Å². The number of ether oxygens (including phenoxy) is 1. The number of hydrogen-bond donors (Lipinski definition) is 0. The summed E-state index contributed by atoms with van der Waals surface area (Å²) in [6.45, 7) is 4.11. The van der Waals surface area contributed by atoms with E-state index in [4.69, 9.17) is 4.74 Å². The van der Waals surface area contributed by atoms with Crippen LogP contribution in [0.4, 0.5) is 0 Å². The minimum Gasteiger partial charge on any atom is -0.491 e. The Hall–Kier alpha value is -0.280. The van der Waals surface area contributed by atoms with Gasteiger partial charge in [-0.15, -0.1) is 23.5 Å². The molecule has 16 heavy (non-hydrogen) atoms. The fourth-order valence-electron chi connectivity index (χ4n) is 1.66. The van der Waals surface area contributed by atoms with Crippen molar-refractivity contribution in [3.63, 3.8) is 0 Å². The first-order chi connectivity index (χ1) is 7.75. The quantitative estimate of drug-likeness (QED) is 0.794. The lowest BCUT2D eigenvalue weighted by Crippen LogP contribution is -2.05. The van der Waals surface area contributed by atoms with Gasteiger partial charge in [-0.3, -0.25) is 0 Å². The first kappa shape index (κ1) is 12.2. The van der Waals surface area contributed by atoms with Gasteiger partial charge >= 0.3 is 0 Å². The van der Waals surface area contributed by atoms with E-state index < -0.39 is 0 Å². The predicted octanol–water partition coefficient (Wildman–Crippen LogP) is 4.34. The highest BCUT2D eigenvalue weighted by Gasteiger charge is 2.16. The van der Waals surface area contributed by atoms with E-state index in [9.17, 15) is 0 Å². The fourth-order valence-corrected chi connectivity index (χ4v) is 4.55. The van der Waals surface area contributed by atoms with E-state index in [0.717, 1.165) is 5.75 Å². The summed E-state index contributed by atoms with van der Waals surface area (Å²) >= 11 is 4.12. The van der Waals surface area contributed by atoms with Gasteiger partial charge in [-0.2, -0.15) is 0 Å². The minimum absolute atomic E-state index is 0.254. The fraction of sp³-hybridized carbons (Fsp3) is 0.538. The van der Waals surface area contributed by atoms with Crippen LogP contribution in [0.1, 0.15) is 30.4 Å². The molecule has 2 rings (SSSR count). The van der Waals surface area contributed by atoms with Crippen LogP contribution in [0.25, 0.3) is 0 Å². The Kier molecular flexibility index (Phi) is 4.47. The summed E-state index contributed by atoms with van der Waals surface area (Å²) in [5.74, 6) is 3.56. The van der Waals surface area contributed by atoms with E-state index in [1.165, 1.54) is 23.5 Å². The van der Waals surface area contributed by atoms with E-state index >= 15 is 0 Å². The lowest BCUT2D eigenvalue weighted by atomic mass is 10.2. The zero-order valence-electron chi connectivity index (χ0n) is 9.81. The Morgan fingerprint density at radius 3 is 2.31 bits per heavy atom. The maximum absolute atomic E-state index is 5.64. The molecule has 1 heterocycles. The van der Waals surface area contributed by atoms with Crippen molar-refractivity contribution in [2.24, 2.45) is 0 Å². The van der Waals surface area contributed by atoms with Crippen molar-refractivity contribution < 1.29 is 4.74 Å². The monoisotopic (exact) mass is 254 g/mol. The topological polar surface area (TPSA) is 9.23 Å². The summed E-state index contributed by atoms with van der Waals surface area (Å²) in [5, 5.41) is 0. The maximum atomic E-state index is 5.64. The Morgan fingerprint density at radius 2 is 1.75 bits per heavy atom. The molecule has 0 amide bonds. The molecule has 0 aliphatic carbocycles. The second-order valence-electron chi connectivity index (χ2n) is 4.16. The minimum atomic E-state index is 0.254. The van der Waals surface area contributed by atoms with Crippen LogP contribution in [0.15, 0.2) is 24.3 Å². The van der Waals surface area contributed by atoms with Crippen LogP contribution in [0.5, 0.6) is 5.75 Å². The van der Waals surface area contributed by atoms with Crippen LogP contribution in [0.3, 0.4) is 0 Å². The highest BCUT2D eigenvalue weighted by molar-refractivity contribution is 8.16. The summed E-state index contributed by atoms with van der Waals surface area (Å²) in [4.78, 5) is 0. The molecule has 0 N–H and O–H groups in total. The molecule has 0 radical (unpaired) electrons. The smallest absolute Gasteiger partial charge is 0.119 e. The molecule has 0 saturated carbocycles. The largest absolute Gasteiger partial charge is 0.491 e. The van der Waals surface area contributed by atoms with Crippen molar-refractivity contribution >= 4 is 23.5 Å². The number of benzene rings is 1. The third kappa shape index (κ3) is 3.36. The van der Waals surface area contributed by atoms with Crippen LogP contribution in [0, 0.1) is 0 Å². The average Bonchev–Trinajstić information content (AvgIpc) is 2.30. The lowest BCUT2D eigenvalue weighted by Gasteiger charge is -2.21. The van der Waals surface area contributed by atoms with Gasteiger partial charge in [0.15, 0.2) is 0 Å². The van der Waals surface area contributed by atoms with Gasteiger partial charge in [0, 0.05) is 0 Å².